The average molecular weight is 296 g/mol. The van der Waals surface area contributed by atoms with Gasteiger partial charge in [0.25, 0.3) is 0 Å². The predicted octanol–water partition coefficient (Wildman–Crippen LogP) is 2.12. The van der Waals surface area contributed by atoms with Crippen LogP contribution in [-0.2, 0) is 13.1 Å². The first-order chi connectivity index (χ1) is 10.8. The zero-order valence-corrected chi connectivity index (χ0v) is 13.2. The fourth-order valence-electron chi connectivity index (χ4n) is 2.74. The Morgan fingerprint density at radius 1 is 0.955 bits per heavy atom. The lowest BCUT2D eigenvalue weighted by Crippen LogP contribution is -2.44. The summed E-state index contributed by atoms with van der Waals surface area (Å²) in [6, 6.07) is 13.0. The minimum Gasteiger partial charge on any atom is -0.369 e. The molecule has 1 N–H and O–H groups in total. The van der Waals surface area contributed by atoms with Crippen molar-refractivity contribution >= 4 is 5.69 Å². The Bertz CT molecular complexity index is 559. The van der Waals surface area contributed by atoms with Crippen molar-refractivity contribution in [1.82, 2.24) is 15.2 Å². The molecular weight excluding hydrogens is 272 g/mol. The molecule has 2 aromatic rings. The fourth-order valence-corrected chi connectivity index (χ4v) is 2.74. The summed E-state index contributed by atoms with van der Waals surface area (Å²) in [4.78, 5) is 8.98. The van der Waals surface area contributed by atoms with E-state index in [-0.39, 0.29) is 0 Å². The molecule has 0 unspecified atom stereocenters. The first-order valence-electron chi connectivity index (χ1n) is 7.93. The average Bonchev–Trinajstić information content (AvgIpc) is 2.57. The van der Waals surface area contributed by atoms with Crippen molar-refractivity contribution in [3.05, 3.63) is 59.9 Å². The standard InChI is InChI=1S/C18H24N4/c1-21-9-11-22(12-10-21)18-6-4-16(5-7-18)13-20-15-17-3-2-8-19-14-17/h2-8,14,20H,9-13,15H2,1H3. The van der Waals surface area contributed by atoms with Gasteiger partial charge in [-0.05, 0) is 36.4 Å². The molecule has 0 radical (unpaired) electrons. The summed E-state index contributed by atoms with van der Waals surface area (Å²) in [5, 5.41) is 3.46. The van der Waals surface area contributed by atoms with Crippen molar-refractivity contribution < 1.29 is 0 Å². The maximum atomic E-state index is 4.13. The number of benzene rings is 1. The van der Waals surface area contributed by atoms with Gasteiger partial charge in [0, 0.05) is 57.3 Å². The molecule has 1 aromatic heterocycles. The molecule has 4 nitrogen and oxygen atoms in total. The van der Waals surface area contributed by atoms with Crippen LogP contribution in [0.25, 0.3) is 0 Å². The quantitative estimate of drug-likeness (QED) is 0.916. The van der Waals surface area contributed by atoms with E-state index in [1.807, 2.05) is 12.3 Å². The van der Waals surface area contributed by atoms with E-state index in [1.54, 1.807) is 6.20 Å². The van der Waals surface area contributed by atoms with Gasteiger partial charge in [-0.3, -0.25) is 4.98 Å². The van der Waals surface area contributed by atoms with Crippen molar-refractivity contribution in [1.29, 1.82) is 0 Å². The van der Waals surface area contributed by atoms with E-state index in [0.717, 1.165) is 39.3 Å². The van der Waals surface area contributed by atoms with Gasteiger partial charge in [0.05, 0.1) is 0 Å². The number of pyridine rings is 1. The van der Waals surface area contributed by atoms with Gasteiger partial charge in [0.15, 0.2) is 0 Å². The van der Waals surface area contributed by atoms with Gasteiger partial charge < -0.3 is 15.1 Å². The molecule has 1 saturated heterocycles. The molecule has 2 heterocycles. The molecule has 1 aliphatic rings. The molecule has 1 aromatic carbocycles. The number of anilines is 1. The molecule has 0 saturated carbocycles. The van der Waals surface area contributed by atoms with Gasteiger partial charge in [0.2, 0.25) is 0 Å². The highest BCUT2D eigenvalue weighted by Crippen LogP contribution is 2.17. The van der Waals surface area contributed by atoms with E-state index in [0.29, 0.717) is 0 Å². The van der Waals surface area contributed by atoms with Crippen LogP contribution in [0, 0.1) is 0 Å². The molecular formula is C18H24N4. The van der Waals surface area contributed by atoms with Crippen LogP contribution < -0.4 is 10.2 Å². The zero-order valence-electron chi connectivity index (χ0n) is 13.2. The Morgan fingerprint density at radius 2 is 1.68 bits per heavy atom. The smallest absolute Gasteiger partial charge is 0.0367 e. The highest BCUT2D eigenvalue weighted by Gasteiger charge is 2.13. The van der Waals surface area contributed by atoms with E-state index in [4.69, 9.17) is 0 Å². The second-order valence-corrected chi connectivity index (χ2v) is 5.92. The number of nitrogens with zero attached hydrogens (tertiary/aromatic N) is 3. The summed E-state index contributed by atoms with van der Waals surface area (Å²) in [7, 11) is 2.19. The van der Waals surface area contributed by atoms with E-state index in [2.05, 4.69) is 57.5 Å². The number of likely N-dealkylation sites (N-methyl/N-ethyl adjacent to an activating group) is 1. The van der Waals surface area contributed by atoms with Gasteiger partial charge in [-0.2, -0.15) is 0 Å². The summed E-state index contributed by atoms with van der Waals surface area (Å²) in [5.74, 6) is 0. The highest BCUT2D eigenvalue weighted by molar-refractivity contribution is 5.48. The molecule has 3 rings (SSSR count). The molecule has 0 atom stereocenters. The Hall–Kier alpha value is -1.91. The third kappa shape index (κ3) is 4.06. The maximum Gasteiger partial charge on any atom is 0.0367 e. The third-order valence-corrected chi connectivity index (χ3v) is 4.19. The lowest BCUT2D eigenvalue weighted by molar-refractivity contribution is 0.313. The van der Waals surface area contributed by atoms with Crippen LogP contribution in [0.5, 0.6) is 0 Å². The topological polar surface area (TPSA) is 31.4 Å². The first-order valence-corrected chi connectivity index (χ1v) is 7.93. The molecule has 0 amide bonds. The van der Waals surface area contributed by atoms with Crippen molar-refractivity contribution in [2.24, 2.45) is 0 Å². The van der Waals surface area contributed by atoms with E-state index >= 15 is 0 Å². The number of piperazine rings is 1. The minimum atomic E-state index is 0.855. The number of rotatable bonds is 5. The van der Waals surface area contributed by atoms with Crippen molar-refractivity contribution in [2.75, 3.05) is 38.1 Å². The van der Waals surface area contributed by atoms with E-state index in [1.165, 1.54) is 16.8 Å². The molecule has 22 heavy (non-hydrogen) atoms. The van der Waals surface area contributed by atoms with Gasteiger partial charge in [-0.1, -0.05) is 18.2 Å². The Kier molecular flexibility index (Phi) is 5.03. The number of nitrogens with one attached hydrogen (secondary N) is 1. The van der Waals surface area contributed by atoms with Gasteiger partial charge >= 0.3 is 0 Å². The van der Waals surface area contributed by atoms with Crippen LogP contribution in [0.15, 0.2) is 48.8 Å². The molecule has 0 spiro atoms. The van der Waals surface area contributed by atoms with E-state index < -0.39 is 0 Å². The van der Waals surface area contributed by atoms with Crippen LogP contribution in [0.3, 0.4) is 0 Å². The number of hydrogen-bond donors (Lipinski definition) is 1. The summed E-state index contributed by atoms with van der Waals surface area (Å²) in [6.07, 6.45) is 3.71. The lowest BCUT2D eigenvalue weighted by Gasteiger charge is -2.34. The molecule has 1 aliphatic heterocycles. The summed E-state index contributed by atoms with van der Waals surface area (Å²) in [6.45, 7) is 6.28. The zero-order chi connectivity index (χ0) is 15.2. The predicted molar refractivity (Wildman–Crippen MR) is 90.9 cm³/mol. The van der Waals surface area contributed by atoms with Gasteiger partial charge in [-0.15, -0.1) is 0 Å². The fraction of sp³-hybridized carbons (Fsp3) is 0.389. The number of aromatic nitrogens is 1. The molecule has 116 valence electrons. The SMILES string of the molecule is CN1CCN(c2ccc(CNCc3cccnc3)cc2)CC1. The number of hydrogen-bond acceptors (Lipinski definition) is 4. The summed E-state index contributed by atoms with van der Waals surface area (Å²) >= 11 is 0. The molecule has 1 fully saturated rings. The third-order valence-electron chi connectivity index (χ3n) is 4.19. The normalized spacial score (nSPS) is 16.0. The Labute approximate surface area is 132 Å². The Morgan fingerprint density at radius 3 is 2.36 bits per heavy atom. The highest BCUT2D eigenvalue weighted by atomic mass is 15.2. The van der Waals surface area contributed by atoms with Crippen molar-refractivity contribution in [3.63, 3.8) is 0 Å². The van der Waals surface area contributed by atoms with Crippen LogP contribution in [0.2, 0.25) is 0 Å². The monoisotopic (exact) mass is 296 g/mol. The van der Waals surface area contributed by atoms with Crippen molar-refractivity contribution in [2.45, 2.75) is 13.1 Å². The molecule has 0 bridgehead atoms. The largest absolute Gasteiger partial charge is 0.369 e. The van der Waals surface area contributed by atoms with Gasteiger partial charge in [-0.25, -0.2) is 0 Å². The molecule has 0 aliphatic carbocycles. The Balaban J connectivity index is 1.49. The second-order valence-electron chi connectivity index (χ2n) is 5.92. The molecule has 4 heteroatoms. The van der Waals surface area contributed by atoms with Crippen LogP contribution in [-0.4, -0.2) is 43.1 Å². The lowest BCUT2D eigenvalue weighted by atomic mass is 10.1. The van der Waals surface area contributed by atoms with Gasteiger partial charge in [0.1, 0.15) is 0 Å². The van der Waals surface area contributed by atoms with Crippen molar-refractivity contribution in [3.8, 4) is 0 Å². The van der Waals surface area contributed by atoms with E-state index in [9.17, 15) is 0 Å². The van der Waals surface area contributed by atoms with Crippen LogP contribution in [0.4, 0.5) is 5.69 Å². The first kappa shape index (κ1) is 15.0. The second kappa shape index (κ2) is 7.38. The van der Waals surface area contributed by atoms with Crippen LogP contribution >= 0.6 is 0 Å². The van der Waals surface area contributed by atoms with Crippen LogP contribution in [0.1, 0.15) is 11.1 Å². The summed E-state index contributed by atoms with van der Waals surface area (Å²) in [5.41, 5.74) is 3.88. The minimum absolute atomic E-state index is 0.855. The summed E-state index contributed by atoms with van der Waals surface area (Å²) < 4.78 is 0. The maximum absolute atomic E-state index is 4.13.